The number of Topliss-reactive ketones (excluding diaryl/α,β-unsaturated/α-hetero) is 1. The van der Waals surface area contributed by atoms with E-state index >= 15 is 0 Å². The molecule has 21 heavy (non-hydrogen) atoms. The minimum Gasteiger partial charge on any atom is -0.316 e. The Morgan fingerprint density at radius 1 is 1.33 bits per heavy atom. The Balaban J connectivity index is 2.70. The summed E-state index contributed by atoms with van der Waals surface area (Å²) < 4.78 is 1.86. The van der Waals surface area contributed by atoms with Crippen LogP contribution < -0.4 is 0 Å². The van der Waals surface area contributed by atoms with E-state index in [1.807, 2.05) is 18.4 Å². The van der Waals surface area contributed by atoms with Crippen LogP contribution in [-0.2, 0) is 0 Å². The van der Waals surface area contributed by atoms with Crippen LogP contribution in [0.25, 0.3) is 5.69 Å². The smallest absolute Gasteiger partial charge is 0.182 e. The van der Waals surface area contributed by atoms with E-state index in [1.54, 1.807) is 31.2 Å². The van der Waals surface area contributed by atoms with Gasteiger partial charge in [0.1, 0.15) is 6.07 Å². The fourth-order valence-electron chi connectivity index (χ4n) is 2.38. The molecule has 0 bridgehead atoms. The molecule has 0 fully saturated rings. The van der Waals surface area contributed by atoms with Crippen LogP contribution in [0.3, 0.4) is 0 Å². The highest BCUT2D eigenvalue weighted by Gasteiger charge is 2.21. The van der Waals surface area contributed by atoms with Crippen molar-refractivity contribution in [2.75, 3.05) is 0 Å². The number of aryl methyl sites for hydroxylation is 1. The van der Waals surface area contributed by atoms with E-state index in [-0.39, 0.29) is 5.78 Å². The van der Waals surface area contributed by atoms with Gasteiger partial charge in [-0.15, -0.1) is 11.6 Å². The largest absolute Gasteiger partial charge is 0.316 e. The van der Waals surface area contributed by atoms with Crippen LogP contribution in [0, 0.1) is 25.2 Å². The summed E-state index contributed by atoms with van der Waals surface area (Å²) in [6.45, 7) is 5.36. The number of carbonyl (C=O) groups excluding carboxylic acids is 1. The monoisotopic (exact) mass is 320 g/mol. The number of alkyl halides is 1. The van der Waals surface area contributed by atoms with Crippen molar-refractivity contribution in [2.24, 2.45) is 0 Å². The van der Waals surface area contributed by atoms with Gasteiger partial charge in [-0.1, -0.05) is 11.6 Å². The Hall–Kier alpha value is -1.76. The molecule has 1 heterocycles. The first-order chi connectivity index (χ1) is 9.86. The highest BCUT2D eigenvalue weighted by Crippen LogP contribution is 2.27. The Morgan fingerprint density at radius 2 is 2.00 bits per heavy atom. The molecule has 1 atom stereocenters. The third kappa shape index (κ3) is 2.83. The maximum absolute atomic E-state index is 12.1. The number of carbonyl (C=O) groups is 1. The van der Waals surface area contributed by atoms with E-state index in [4.69, 9.17) is 23.2 Å². The summed E-state index contributed by atoms with van der Waals surface area (Å²) in [5.41, 5.74) is 3.34. The predicted molar refractivity (Wildman–Crippen MR) is 84.6 cm³/mol. The second-order valence-electron chi connectivity index (χ2n) is 4.87. The van der Waals surface area contributed by atoms with Crippen LogP contribution >= 0.6 is 23.2 Å². The summed E-state index contributed by atoms with van der Waals surface area (Å²) in [6, 6.07) is 9.00. The van der Waals surface area contributed by atoms with Gasteiger partial charge in [0.25, 0.3) is 0 Å². The molecule has 2 rings (SSSR count). The average molecular weight is 321 g/mol. The number of benzene rings is 1. The highest BCUT2D eigenvalue weighted by atomic mass is 35.5. The summed E-state index contributed by atoms with van der Waals surface area (Å²) in [6.07, 6.45) is 0. The lowest BCUT2D eigenvalue weighted by atomic mass is 10.1. The molecule has 0 saturated carbocycles. The van der Waals surface area contributed by atoms with Crippen LogP contribution in [0.2, 0.25) is 5.02 Å². The van der Waals surface area contributed by atoms with Crippen LogP contribution in [0.4, 0.5) is 0 Å². The van der Waals surface area contributed by atoms with Gasteiger partial charge < -0.3 is 4.57 Å². The lowest BCUT2D eigenvalue weighted by molar-refractivity contribution is 0.0991. The number of rotatable bonds is 3. The topological polar surface area (TPSA) is 45.8 Å². The Bertz CT molecular complexity index is 754. The average Bonchev–Trinajstić information content (AvgIpc) is 2.72. The van der Waals surface area contributed by atoms with Gasteiger partial charge in [0.2, 0.25) is 0 Å². The molecule has 0 saturated heterocycles. The van der Waals surface area contributed by atoms with Crippen molar-refractivity contribution in [1.29, 1.82) is 5.26 Å². The number of hydrogen-bond donors (Lipinski definition) is 0. The minimum atomic E-state index is -0.589. The molecule has 0 amide bonds. The molecular weight excluding hydrogens is 307 g/mol. The van der Waals surface area contributed by atoms with Crippen LogP contribution in [0.15, 0.2) is 24.3 Å². The molecule has 3 nitrogen and oxygen atoms in total. The number of hydrogen-bond acceptors (Lipinski definition) is 2. The lowest BCUT2D eigenvalue weighted by Gasteiger charge is -2.12. The fourth-order valence-corrected chi connectivity index (χ4v) is 2.67. The molecule has 0 spiro atoms. The second-order valence-corrected chi connectivity index (χ2v) is 5.96. The zero-order chi connectivity index (χ0) is 15.7. The molecule has 1 unspecified atom stereocenters. The van der Waals surface area contributed by atoms with Gasteiger partial charge in [-0.3, -0.25) is 4.79 Å². The van der Waals surface area contributed by atoms with E-state index in [0.29, 0.717) is 21.8 Å². The Kier molecular flexibility index (Phi) is 4.41. The Morgan fingerprint density at radius 3 is 2.57 bits per heavy atom. The van der Waals surface area contributed by atoms with Gasteiger partial charge in [-0.25, -0.2) is 0 Å². The van der Waals surface area contributed by atoms with Gasteiger partial charge in [0, 0.05) is 22.0 Å². The summed E-state index contributed by atoms with van der Waals surface area (Å²) in [5, 5.41) is 9.21. The molecular formula is C16H14Cl2N2O. The van der Waals surface area contributed by atoms with Crippen LogP contribution in [0.5, 0.6) is 0 Å². The SMILES string of the molecule is Cc1cc(C(=O)C(C)Cl)c(C)n1-c1cc(Cl)ccc1C#N. The molecule has 0 aliphatic heterocycles. The van der Waals surface area contributed by atoms with E-state index in [1.165, 1.54) is 0 Å². The third-order valence-electron chi connectivity index (χ3n) is 3.38. The first kappa shape index (κ1) is 15.6. The van der Waals surface area contributed by atoms with E-state index in [0.717, 1.165) is 11.4 Å². The van der Waals surface area contributed by atoms with E-state index < -0.39 is 5.38 Å². The van der Waals surface area contributed by atoms with Crippen molar-refractivity contribution in [3.8, 4) is 11.8 Å². The van der Waals surface area contributed by atoms with Crippen molar-refractivity contribution in [2.45, 2.75) is 26.1 Å². The van der Waals surface area contributed by atoms with Crippen LogP contribution in [-0.4, -0.2) is 15.7 Å². The third-order valence-corrected chi connectivity index (χ3v) is 3.81. The van der Waals surface area contributed by atoms with Crippen molar-refractivity contribution >= 4 is 29.0 Å². The molecule has 0 N–H and O–H groups in total. The first-order valence-electron chi connectivity index (χ1n) is 6.44. The number of ketones is 1. The molecule has 2 aromatic rings. The highest BCUT2D eigenvalue weighted by molar-refractivity contribution is 6.33. The number of aromatic nitrogens is 1. The molecule has 0 aliphatic carbocycles. The normalized spacial score (nSPS) is 12.0. The van der Waals surface area contributed by atoms with E-state index in [9.17, 15) is 10.1 Å². The lowest BCUT2D eigenvalue weighted by Crippen LogP contribution is -2.12. The quantitative estimate of drug-likeness (QED) is 0.620. The van der Waals surface area contributed by atoms with Gasteiger partial charge >= 0.3 is 0 Å². The number of nitriles is 1. The number of halogens is 2. The molecule has 5 heteroatoms. The zero-order valence-corrected chi connectivity index (χ0v) is 13.5. The van der Waals surface area contributed by atoms with Crippen molar-refractivity contribution in [3.05, 3.63) is 51.8 Å². The van der Waals surface area contributed by atoms with Gasteiger partial charge in [-0.2, -0.15) is 5.26 Å². The first-order valence-corrected chi connectivity index (χ1v) is 7.25. The van der Waals surface area contributed by atoms with Gasteiger partial charge in [0.15, 0.2) is 5.78 Å². The summed E-state index contributed by atoms with van der Waals surface area (Å²) in [5.74, 6) is -0.128. The summed E-state index contributed by atoms with van der Waals surface area (Å²) in [4.78, 5) is 12.1. The molecule has 1 aromatic carbocycles. The molecule has 1 aromatic heterocycles. The zero-order valence-electron chi connectivity index (χ0n) is 11.9. The summed E-state index contributed by atoms with van der Waals surface area (Å²) >= 11 is 11.9. The van der Waals surface area contributed by atoms with Crippen molar-refractivity contribution < 1.29 is 4.79 Å². The van der Waals surface area contributed by atoms with Gasteiger partial charge in [-0.05, 0) is 45.0 Å². The van der Waals surface area contributed by atoms with Crippen molar-refractivity contribution in [3.63, 3.8) is 0 Å². The molecule has 0 aliphatic rings. The maximum Gasteiger partial charge on any atom is 0.182 e. The molecule has 108 valence electrons. The minimum absolute atomic E-state index is 0.128. The van der Waals surface area contributed by atoms with Gasteiger partial charge in [0.05, 0.1) is 16.6 Å². The second kappa shape index (κ2) is 5.93. The predicted octanol–water partition coefficient (Wildman–Crippen LogP) is 4.43. The Labute approximate surface area is 133 Å². The molecule has 0 radical (unpaired) electrons. The van der Waals surface area contributed by atoms with Crippen LogP contribution in [0.1, 0.15) is 34.2 Å². The fraction of sp³-hybridized carbons (Fsp3) is 0.250. The van der Waals surface area contributed by atoms with Crippen molar-refractivity contribution in [1.82, 2.24) is 4.57 Å². The summed E-state index contributed by atoms with van der Waals surface area (Å²) in [7, 11) is 0. The van der Waals surface area contributed by atoms with E-state index in [2.05, 4.69) is 6.07 Å². The number of nitrogens with zero attached hydrogens (tertiary/aromatic N) is 2. The maximum atomic E-state index is 12.1. The standard InChI is InChI=1S/C16H14Cl2N2O/c1-9-6-14(16(21)10(2)17)11(3)20(9)15-7-13(18)5-4-12(15)8-19/h4-7,10H,1-3H3.